The van der Waals surface area contributed by atoms with Crippen molar-refractivity contribution in [1.29, 1.82) is 0 Å². The lowest BCUT2D eigenvalue weighted by atomic mass is 10.0. The number of amides is 4. The molecule has 3 rings (SSSR count). The monoisotopic (exact) mass is 315 g/mol. The fourth-order valence-electron chi connectivity index (χ4n) is 3.18. The van der Waals surface area contributed by atoms with Gasteiger partial charge in [-0.25, -0.2) is 0 Å². The van der Waals surface area contributed by atoms with Crippen LogP contribution in [0.25, 0.3) is 0 Å². The fourth-order valence-corrected chi connectivity index (χ4v) is 3.18. The molecule has 4 amide bonds. The van der Waals surface area contributed by atoms with E-state index in [1.807, 2.05) is 0 Å². The van der Waals surface area contributed by atoms with Crippen LogP contribution in [-0.4, -0.2) is 45.5 Å². The van der Waals surface area contributed by atoms with E-state index in [0.29, 0.717) is 0 Å². The third kappa shape index (κ3) is 2.11. The molecule has 120 valence electrons. The topological polar surface area (TPSA) is 101 Å². The van der Waals surface area contributed by atoms with Crippen LogP contribution in [0.15, 0.2) is 18.2 Å². The average Bonchev–Trinajstić information content (AvgIpc) is 2.73. The number of hydrogen-bond donors (Lipinski definition) is 1. The van der Waals surface area contributed by atoms with Crippen molar-refractivity contribution in [2.24, 2.45) is 0 Å². The molecular weight excluding hydrogens is 298 g/mol. The Bertz CT molecular complexity index is 741. The van der Waals surface area contributed by atoms with Gasteiger partial charge in [-0.05, 0) is 32.4 Å². The van der Waals surface area contributed by atoms with E-state index in [2.05, 4.69) is 0 Å². The first-order valence-corrected chi connectivity index (χ1v) is 7.47. The maximum Gasteiger partial charge on any atom is 0.264 e. The number of nitrogens with two attached hydrogens (primary N) is 1. The lowest BCUT2D eigenvalue weighted by Gasteiger charge is -2.36. The molecule has 1 aromatic rings. The highest BCUT2D eigenvalue weighted by molar-refractivity contribution is 6.25. The predicted octanol–water partition coefficient (Wildman–Crippen LogP) is 0.791. The second kappa shape index (κ2) is 5.19. The third-order valence-corrected chi connectivity index (χ3v) is 4.23. The number of nitrogen functional groups attached to an aromatic ring is 1. The van der Waals surface area contributed by atoms with Gasteiger partial charge in [0, 0.05) is 18.2 Å². The zero-order valence-electron chi connectivity index (χ0n) is 12.9. The Morgan fingerprint density at radius 1 is 1.13 bits per heavy atom. The van der Waals surface area contributed by atoms with Crippen molar-refractivity contribution in [3.63, 3.8) is 0 Å². The van der Waals surface area contributed by atoms with E-state index in [1.165, 1.54) is 6.07 Å². The predicted molar refractivity (Wildman–Crippen MR) is 81.4 cm³/mol. The Morgan fingerprint density at radius 3 is 2.43 bits per heavy atom. The van der Waals surface area contributed by atoms with Crippen molar-refractivity contribution in [2.45, 2.75) is 38.8 Å². The van der Waals surface area contributed by atoms with Crippen molar-refractivity contribution in [3.05, 3.63) is 29.3 Å². The van der Waals surface area contributed by atoms with Crippen molar-refractivity contribution in [1.82, 2.24) is 9.80 Å². The summed E-state index contributed by atoms with van der Waals surface area (Å²) in [6, 6.07) is 3.38. The van der Waals surface area contributed by atoms with Gasteiger partial charge in [0.25, 0.3) is 17.7 Å². The van der Waals surface area contributed by atoms with E-state index in [9.17, 15) is 19.2 Å². The summed E-state index contributed by atoms with van der Waals surface area (Å²) in [5, 5.41) is 0. The number of benzene rings is 1. The maximum absolute atomic E-state index is 12.6. The largest absolute Gasteiger partial charge is 0.398 e. The van der Waals surface area contributed by atoms with Gasteiger partial charge >= 0.3 is 0 Å². The quantitative estimate of drug-likeness (QED) is 0.642. The molecular formula is C16H17N3O4. The van der Waals surface area contributed by atoms with Gasteiger partial charge in [-0.15, -0.1) is 0 Å². The van der Waals surface area contributed by atoms with E-state index in [1.54, 1.807) is 26.0 Å². The summed E-state index contributed by atoms with van der Waals surface area (Å²) in [5.74, 6) is -1.89. The van der Waals surface area contributed by atoms with Crippen LogP contribution in [0.5, 0.6) is 0 Å². The smallest absolute Gasteiger partial charge is 0.264 e. The lowest BCUT2D eigenvalue weighted by Crippen LogP contribution is -2.57. The minimum Gasteiger partial charge on any atom is -0.398 e. The van der Waals surface area contributed by atoms with Crippen LogP contribution in [0, 0.1) is 0 Å². The highest BCUT2D eigenvalue weighted by atomic mass is 16.2. The molecule has 1 unspecified atom stereocenters. The lowest BCUT2D eigenvalue weighted by molar-refractivity contribution is -0.153. The molecule has 2 aliphatic heterocycles. The first kappa shape index (κ1) is 15.2. The van der Waals surface area contributed by atoms with Crippen molar-refractivity contribution in [2.75, 3.05) is 5.73 Å². The zero-order chi connectivity index (χ0) is 16.9. The number of imide groups is 2. The van der Waals surface area contributed by atoms with Crippen LogP contribution < -0.4 is 5.73 Å². The number of carbonyl (C=O) groups is 4. The van der Waals surface area contributed by atoms with Gasteiger partial charge in [0.2, 0.25) is 5.91 Å². The molecule has 0 spiro atoms. The molecule has 0 aliphatic carbocycles. The molecule has 7 heteroatoms. The summed E-state index contributed by atoms with van der Waals surface area (Å²) in [4.78, 5) is 51.8. The van der Waals surface area contributed by atoms with Crippen LogP contribution in [-0.2, 0) is 9.59 Å². The molecule has 2 aliphatic rings. The van der Waals surface area contributed by atoms with E-state index in [4.69, 9.17) is 5.73 Å². The van der Waals surface area contributed by atoms with E-state index in [0.717, 1.165) is 9.80 Å². The Hall–Kier alpha value is -2.70. The summed E-state index contributed by atoms with van der Waals surface area (Å²) >= 11 is 0. The van der Waals surface area contributed by atoms with Gasteiger partial charge in [-0.2, -0.15) is 0 Å². The summed E-state index contributed by atoms with van der Waals surface area (Å²) in [6.07, 6.45) is 0.268. The van der Waals surface area contributed by atoms with E-state index >= 15 is 0 Å². The molecule has 7 nitrogen and oxygen atoms in total. The number of carbonyl (C=O) groups excluding carboxylic acids is 4. The van der Waals surface area contributed by atoms with E-state index in [-0.39, 0.29) is 41.6 Å². The van der Waals surface area contributed by atoms with Gasteiger partial charge in [0.15, 0.2) is 0 Å². The molecule has 0 radical (unpaired) electrons. The summed E-state index contributed by atoms with van der Waals surface area (Å²) < 4.78 is 0. The number of anilines is 1. The van der Waals surface area contributed by atoms with Gasteiger partial charge in [0.1, 0.15) is 6.04 Å². The number of nitrogens with zero attached hydrogens (tertiary/aromatic N) is 2. The molecule has 2 N–H and O–H groups in total. The molecule has 0 aromatic heterocycles. The Balaban J connectivity index is 1.99. The van der Waals surface area contributed by atoms with Crippen molar-refractivity contribution >= 4 is 29.3 Å². The van der Waals surface area contributed by atoms with Gasteiger partial charge in [-0.1, -0.05) is 6.07 Å². The maximum atomic E-state index is 12.6. The highest BCUT2D eigenvalue weighted by Crippen LogP contribution is 2.32. The highest BCUT2D eigenvalue weighted by Gasteiger charge is 2.47. The standard InChI is InChI=1S/C16H17N3O4/c1-8(2)18-12(20)7-6-11(15(18)22)19-14(21)9-4-3-5-10(17)13(9)16(19)23/h3-5,8,11H,6-7,17H2,1-2H3. The Labute approximate surface area is 133 Å². The normalized spacial score (nSPS) is 21.4. The second-order valence-electron chi connectivity index (χ2n) is 6.00. The Morgan fingerprint density at radius 2 is 1.83 bits per heavy atom. The van der Waals surface area contributed by atoms with Gasteiger partial charge in [-0.3, -0.25) is 29.0 Å². The van der Waals surface area contributed by atoms with Gasteiger partial charge in [0.05, 0.1) is 11.1 Å². The van der Waals surface area contributed by atoms with Crippen LogP contribution in [0.3, 0.4) is 0 Å². The molecule has 0 saturated carbocycles. The first-order chi connectivity index (χ1) is 10.8. The molecule has 1 fully saturated rings. The minimum atomic E-state index is -0.957. The fraction of sp³-hybridized carbons (Fsp3) is 0.375. The molecule has 23 heavy (non-hydrogen) atoms. The number of piperidine rings is 1. The molecule has 1 atom stereocenters. The minimum absolute atomic E-state index is 0.122. The van der Waals surface area contributed by atoms with Crippen molar-refractivity contribution < 1.29 is 19.2 Å². The SMILES string of the molecule is CC(C)N1C(=O)CCC(N2C(=O)c3cccc(N)c3C2=O)C1=O. The summed E-state index contributed by atoms with van der Waals surface area (Å²) in [7, 11) is 0. The average molecular weight is 315 g/mol. The number of hydrogen-bond acceptors (Lipinski definition) is 5. The molecule has 0 bridgehead atoms. The zero-order valence-corrected chi connectivity index (χ0v) is 12.9. The second-order valence-corrected chi connectivity index (χ2v) is 6.00. The molecule has 1 aromatic carbocycles. The number of rotatable bonds is 2. The first-order valence-electron chi connectivity index (χ1n) is 7.47. The van der Waals surface area contributed by atoms with E-state index < -0.39 is 23.8 Å². The van der Waals surface area contributed by atoms with Crippen LogP contribution >= 0.6 is 0 Å². The number of likely N-dealkylation sites (tertiary alicyclic amines) is 1. The molecule has 1 saturated heterocycles. The third-order valence-electron chi connectivity index (χ3n) is 4.23. The van der Waals surface area contributed by atoms with Crippen LogP contribution in [0.2, 0.25) is 0 Å². The van der Waals surface area contributed by atoms with Crippen LogP contribution in [0.4, 0.5) is 5.69 Å². The Kier molecular flexibility index (Phi) is 3.43. The van der Waals surface area contributed by atoms with Crippen molar-refractivity contribution in [3.8, 4) is 0 Å². The summed E-state index contributed by atoms with van der Waals surface area (Å²) in [5.41, 5.74) is 6.35. The summed E-state index contributed by atoms with van der Waals surface area (Å²) in [6.45, 7) is 3.44. The number of fused-ring (bicyclic) bond motifs is 1. The molecule has 2 heterocycles. The van der Waals surface area contributed by atoms with Gasteiger partial charge < -0.3 is 5.73 Å². The van der Waals surface area contributed by atoms with Crippen LogP contribution in [0.1, 0.15) is 47.4 Å².